The van der Waals surface area contributed by atoms with E-state index in [2.05, 4.69) is 13.8 Å². The highest BCUT2D eigenvalue weighted by Crippen LogP contribution is 2.38. The van der Waals surface area contributed by atoms with Crippen molar-refractivity contribution in [1.29, 1.82) is 0 Å². The summed E-state index contributed by atoms with van der Waals surface area (Å²) in [5.41, 5.74) is 3.70. The Labute approximate surface area is 198 Å². The van der Waals surface area contributed by atoms with Crippen LogP contribution in [0.4, 0.5) is 0 Å². The second-order valence-corrected chi connectivity index (χ2v) is 10.7. The molecule has 0 unspecified atom stereocenters. The summed E-state index contributed by atoms with van der Waals surface area (Å²) in [5.74, 6) is 0. The molecule has 0 bridgehead atoms. The molecule has 1 aliphatic carbocycles. The first-order valence-corrected chi connectivity index (χ1v) is 15.1. The third kappa shape index (κ3) is 20.1. The van der Waals surface area contributed by atoms with E-state index in [1.807, 2.05) is 11.1 Å². The molecule has 0 N–H and O–H groups in total. The Morgan fingerprint density at radius 2 is 0.548 bits per heavy atom. The predicted octanol–water partition coefficient (Wildman–Crippen LogP) is 11.9. The highest BCUT2D eigenvalue weighted by Gasteiger charge is 2.19. The Balaban J connectivity index is 1.69. The highest BCUT2D eigenvalue weighted by molar-refractivity contribution is 5.34. The zero-order chi connectivity index (χ0) is 22.2. The lowest BCUT2D eigenvalue weighted by Crippen LogP contribution is -1.84. The van der Waals surface area contributed by atoms with Gasteiger partial charge in [-0.3, -0.25) is 0 Å². The molecule has 1 aliphatic rings. The van der Waals surface area contributed by atoms with E-state index in [1.165, 1.54) is 173 Å². The fourth-order valence-electron chi connectivity index (χ4n) is 5.10. The van der Waals surface area contributed by atoms with E-state index in [-0.39, 0.29) is 0 Å². The second kappa shape index (κ2) is 22.9. The number of unbranched alkanes of at least 4 members (excludes halogenated alkanes) is 22. The molecule has 0 saturated carbocycles. The average molecular weight is 433 g/mol. The van der Waals surface area contributed by atoms with E-state index in [9.17, 15) is 0 Å². The number of hydrogen-bond donors (Lipinski definition) is 0. The van der Waals surface area contributed by atoms with Crippen molar-refractivity contribution in [3.63, 3.8) is 0 Å². The van der Waals surface area contributed by atoms with Crippen LogP contribution in [0.15, 0.2) is 11.1 Å². The molecule has 0 heterocycles. The van der Waals surface area contributed by atoms with Gasteiger partial charge >= 0.3 is 0 Å². The van der Waals surface area contributed by atoms with Gasteiger partial charge in [0.25, 0.3) is 0 Å². The number of allylic oxidation sites excluding steroid dienone is 2. The van der Waals surface area contributed by atoms with Crippen molar-refractivity contribution in [2.45, 2.75) is 187 Å². The molecule has 0 aromatic carbocycles. The molecule has 0 aromatic rings. The summed E-state index contributed by atoms with van der Waals surface area (Å²) < 4.78 is 0. The summed E-state index contributed by atoms with van der Waals surface area (Å²) in [6.45, 7) is 4.61. The lowest BCUT2D eigenvalue weighted by Gasteiger charge is -2.03. The topological polar surface area (TPSA) is 0 Å². The summed E-state index contributed by atoms with van der Waals surface area (Å²) in [4.78, 5) is 0. The molecule has 0 fully saturated rings. The predicted molar refractivity (Wildman–Crippen MR) is 143 cm³/mol. The van der Waals surface area contributed by atoms with Gasteiger partial charge in [0.15, 0.2) is 0 Å². The molecule has 0 radical (unpaired) electrons. The van der Waals surface area contributed by atoms with E-state index >= 15 is 0 Å². The smallest absolute Gasteiger partial charge is 0.0103 e. The van der Waals surface area contributed by atoms with E-state index in [0.717, 1.165) is 0 Å². The van der Waals surface area contributed by atoms with Gasteiger partial charge in [0.05, 0.1) is 0 Å². The monoisotopic (exact) mass is 432 g/mol. The lowest BCUT2D eigenvalue weighted by molar-refractivity contribution is 0.525. The van der Waals surface area contributed by atoms with Gasteiger partial charge in [0, 0.05) is 0 Å². The van der Waals surface area contributed by atoms with Crippen molar-refractivity contribution in [1.82, 2.24) is 0 Å². The molecule has 0 spiro atoms. The van der Waals surface area contributed by atoms with Crippen molar-refractivity contribution >= 4 is 0 Å². The molecular formula is C31H60. The molecule has 0 amide bonds. The van der Waals surface area contributed by atoms with Crippen LogP contribution in [0.5, 0.6) is 0 Å². The number of hydrogen-bond acceptors (Lipinski definition) is 0. The minimum atomic E-state index is 1.37. The van der Waals surface area contributed by atoms with Crippen LogP contribution in [0.1, 0.15) is 187 Å². The standard InChI is InChI=1S/C31H60/c1-3-5-7-9-11-12-13-14-15-16-17-18-19-20-21-22-24-26-28-31-29-30(31)27-25-23-10-8-6-4-2/h3-29H2,1-2H3. The molecule has 184 valence electrons. The molecule has 0 saturated heterocycles. The van der Waals surface area contributed by atoms with Crippen LogP contribution in [0.2, 0.25) is 0 Å². The summed E-state index contributed by atoms with van der Waals surface area (Å²) in [6.07, 6.45) is 39.5. The van der Waals surface area contributed by atoms with Crippen LogP contribution >= 0.6 is 0 Å². The molecule has 0 aliphatic heterocycles. The Morgan fingerprint density at radius 3 is 0.806 bits per heavy atom. The largest absolute Gasteiger partial charge is 0.0666 e. The van der Waals surface area contributed by atoms with E-state index in [1.54, 1.807) is 0 Å². The normalized spacial score (nSPS) is 13.4. The van der Waals surface area contributed by atoms with Crippen molar-refractivity contribution in [3.8, 4) is 0 Å². The van der Waals surface area contributed by atoms with Crippen molar-refractivity contribution < 1.29 is 0 Å². The molecule has 31 heavy (non-hydrogen) atoms. The Kier molecular flexibility index (Phi) is 21.3. The third-order valence-corrected chi connectivity index (χ3v) is 7.47. The maximum Gasteiger partial charge on any atom is -0.0103 e. The fourth-order valence-corrected chi connectivity index (χ4v) is 5.10. The molecule has 0 nitrogen and oxygen atoms in total. The van der Waals surface area contributed by atoms with Crippen LogP contribution in [0.3, 0.4) is 0 Å². The van der Waals surface area contributed by atoms with Crippen molar-refractivity contribution in [2.24, 2.45) is 0 Å². The van der Waals surface area contributed by atoms with Gasteiger partial charge in [-0.2, -0.15) is 0 Å². The van der Waals surface area contributed by atoms with E-state index < -0.39 is 0 Å². The first-order chi connectivity index (χ1) is 15.4. The zero-order valence-electron chi connectivity index (χ0n) is 22.1. The van der Waals surface area contributed by atoms with Gasteiger partial charge in [0.1, 0.15) is 0 Å². The van der Waals surface area contributed by atoms with Gasteiger partial charge in [-0.25, -0.2) is 0 Å². The molecule has 1 rings (SSSR count). The summed E-state index contributed by atoms with van der Waals surface area (Å²) in [6, 6.07) is 0. The molecule has 0 atom stereocenters. The quantitative estimate of drug-likeness (QED) is 0.0941. The maximum absolute atomic E-state index is 2.31. The molecule has 0 heteroatoms. The van der Waals surface area contributed by atoms with Gasteiger partial charge in [0.2, 0.25) is 0 Å². The highest BCUT2D eigenvalue weighted by atomic mass is 14.2. The first-order valence-electron chi connectivity index (χ1n) is 15.1. The van der Waals surface area contributed by atoms with Gasteiger partial charge < -0.3 is 0 Å². The van der Waals surface area contributed by atoms with Crippen molar-refractivity contribution in [2.75, 3.05) is 0 Å². The van der Waals surface area contributed by atoms with Crippen molar-refractivity contribution in [3.05, 3.63) is 11.1 Å². The minimum Gasteiger partial charge on any atom is -0.0666 e. The third-order valence-electron chi connectivity index (χ3n) is 7.47. The van der Waals surface area contributed by atoms with Crippen LogP contribution in [-0.4, -0.2) is 0 Å². The molecule has 0 aromatic heterocycles. The Morgan fingerprint density at radius 1 is 0.323 bits per heavy atom. The minimum absolute atomic E-state index is 1.37. The van der Waals surface area contributed by atoms with E-state index in [0.29, 0.717) is 0 Å². The number of rotatable bonds is 26. The van der Waals surface area contributed by atoms with E-state index in [4.69, 9.17) is 0 Å². The maximum atomic E-state index is 2.31. The van der Waals surface area contributed by atoms with Gasteiger partial charge in [-0.05, 0) is 32.1 Å². The van der Waals surface area contributed by atoms with Crippen LogP contribution in [-0.2, 0) is 0 Å². The average Bonchev–Trinajstić information content (AvgIpc) is 3.53. The first kappa shape index (κ1) is 28.8. The zero-order valence-corrected chi connectivity index (χ0v) is 22.1. The van der Waals surface area contributed by atoms with Gasteiger partial charge in [-0.1, -0.05) is 166 Å². The molecular weight excluding hydrogens is 372 g/mol. The Hall–Kier alpha value is -0.260. The second-order valence-electron chi connectivity index (χ2n) is 10.7. The van der Waals surface area contributed by atoms with Gasteiger partial charge in [-0.15, -0.1) is 0 Å². The summed E-state index contributed by atoms with van der Waals surface area (Å²) in [5, 5.41) is 0. The Bertz CT molecular complexity index is 391. The van der Waals surface area contributed by atoms with Crippen LogP contribution in [0, 0.1) is 0 Å². The SMILES string of the molecule is CCCCCCCCCCCCCCCCCCCCC1=C(CCCCCCCC)C1. The van der Waals surface area contributed by atoms with Crippen LogP contribution < -0.4 is 0 Å². The fraction of sp³-hybridized carbons (Fsp3) is 0.935. The lowest BCUT2D eigenvalue weighted by atomic mass is 10.0. The summed E-state index contributed by atoms with van der Waals surface area (Å²) in [7, 11) is 0. The summed E-state index contributed by atoms with van der Waals surface area (Å²) >= 11 is 0. The van der Waals surface area contributed by atoms with Crippen LogP contribution in [0.25, 0.3) is 0 Å².